The van der Waals surface area contributed by atoms with Crippen LogP contribution in [0, 0.1) is 5.92 Å². The van der Waals surface area contributed by atoms with Gasteiger partial charge in [0.2, 0.25) is 11.8 Å². The van der Waals surface area contributed by atoms with Crippen molar-refractivity contribution in [3.8, 4) is 11.3 Å². The number of hydrogen-bond donors (Lipinski definition) is 1. The Morgan fingerprint density at radius 3 is 2.52 bits per heavy atom. The highest BCUT2D eigenvalue weighted by Gasteiger charge is 2.31. The topological polar surface area (TPSA) is 101 Å². The summed E-state index contributed by atoms with van der Waals surface area (Å²) in [4.78, 5) is 47.8. The van der Waals surface area contributed by atoms with E-state index in [4.69, 9.17) is 4.74 Å². The molecule has 2 aromatic carbocycles. The fraction of sp³-hybridized carbons (Fsp3) is 0.160. The maximum atomic E-state index is 13.2. The molecule has 8 nitrogen and oxygen atoms in total. The van der Waals surface area contributed by atoms with Crippen LogP contribution >= 0.6 is 0 Å². The van der Waals surface area contributed by atoms with Gasteiger partial charge in [-0.05, 0) is 37.3 Å². The number of amides is 2. The molecule has 0 aliphatic carbocycles. The Morgan fingerprint density at radius 2 is 1.85 bits per heavy atom. The van der Waals surface area contributed by atoms with Gasteiger partial charge in [0.25, 0.3) is 0 Å². The first-order chi connectivity index (χ1) is 15.8. The summed E-state index contributed by atoms with van der Waals surface area (Å²) in [5, 5.41) is 2.79. The van der Waals surface area contributed by atoms with E-state index >= 15 is 0 Å². The largest absolute Gasteiger partial charge is 0.465 e. The highest BCUT2D eigenvalue weighted by Crippen LogP contribution is 2.24. The predicted molar refractivity (Wildman–Crippen MR) is 126 cm³/mol. The Labute approximate surface area is 191 Å². The molecule has 33 heavy (non-hydrogen) atoms. The third-order valence-electron chi connectivity index (χ3n) is 4.98. The Balaban J connectivity index is 1.81. The van der Waals surface area contributed by atoms with Gasteiger partial charge in [-0.3, -0.25) is 19.6 Å². The number of nitrogens with zero attached hydrogens (tertiary/aromatic N) is 3. The summed E-state index contributed by atoms with van der Waals surface area (Å²) in [6.45, 7) is 5.46. The van der Waals surface area contributed by atoms with Crippen molar-refractivity contribution in [2.24, 2.45) is 5.92 Å². The van der Waals surface area contributed by atoms with Gasteiger partial charge in [-0.2, -0.15) is 0 Å². The third-order valence-corrected chi connectivity index (χ3v) is 4.98. The molecule has 0 saturated carbocycles. The van der Waals surface area contributed by atoms with Gasteiger partial charge >= 0.3 is 5.97 Å². The molecule has 3 rings (SSSR count). The summed E-state index contributed by atoms with van der Waals surface area (Å²) in [5.74, 6) is -2.64. The monoisotopic (exact) mass is 444 g/mol. The first kappa shape index (κ1) is 23.3. The minimum atomic E-state index is -1.13. The highest BCUT2D eigenvalue weighted by atomic mass is 16.5. The second-order valence-corrected chi connectivity index (χ2v) is 7.38. The van der Waals surface area contributed by atoms with Crippen LogP contribution in [-0.4, -0.2) is 41.9 Å². The molecule has 1 aromatic heterocycles. The van der Waals surface area contributed by atoms with Crippen molar-refractivity contribution in [3.63, 3.8) is 0 Å². The SMILES string of the molecule is C=C(C)C(C(=O)Nc1cccc(-c2cnccn2)c1)C(=O)N(C)c1cccc(C(=O)OC)c1. The van der Waals surface area contributed by atoms with Crippen molar-refractivity contribution in [2.45, 2.75) is 6.92 Å². The van der Waals surface area contributed by atoms with E-state index in [0.29, 0.717) is 28.2 Å². The van der Waals surface area contributed by atoms with E-state index in [1.54, 1.807) is 61.9 Å². The quantitative estimate of drug-likeness (QED) is 0.339. The van der Waals surface area contributed by atoms with Crippen LogP contribution < -0.4 is 10.2 Å². The smallest absolute Gasteiger partial charge is 0.337 e. The average Bonchev–Trinajstić information content (AvgIpc) is 2.83. The molecule has 8 heteroatoms. The number of carbonyl (C=O) groups is 3. The third kappa shape index (κ3) is 5.48. The second-order valence-electron chi connectivity index (χ2n) is 7.38. The number of methoxy groups -OCH3 is 1. The summed E-state index contributed by atoms with van der Waals surface area (Å²) < 4.78 is 4.73. The Bertz CT molecular complexity index is 1190. The van der Waals surface area contributed by atoms with Crippen LogP contribution in [0.4, 0.5) is 11.4 Å². The number of esters is 1. The van der Waals surface area contributed by atoms with Crippen LogP contribution in [0.3, 0.4) is 0 Å². The van der Waals surface area contributed by atoms with Gasteiger partial charge in [-0.1, -0.05) is 30.4 Å². The van der Waals surface area contributed by atoms with Crippen LogP contribution in [-0.2, 0) is 14.3 Å². The number of aromatic nitrogens is 2. The van der Waals surface area contributed by atoms with Gasteiger partial charge in [-0.25, -0.2) is 4.79 Å². The molecule has 2 amide bonds. The molecule has 0 spiro atoms. The van der Waals surface area contributed by atoms with Gasteiger partial charge in [-0.15, -0.1) is 0 Å². The molecule has 0 fully saturated rings. The van der Waals surface area contributed by atoms with Crippen molar-refractivity contribution >= 4 is 29.2 Å². The number of anilines is 2. The van der Waals surface area contributed by atoms with E-state index in [0.717, 1.165) is 5.56 Å². The van der Waals surface area contributed by atoms with Gasteiger partial charge < -0.3 is 15.0 Å². The second kappa shape index (κ2) is 10.3. The number of benzene rings is 2. The normalized spacial score (nSPS) is 11.2. The Hall–Kier alpha value is -4.33. The molecule has 1 N–H and O–H groups in total. The first-order valence-electron chi connectivity index (χ1n) is 10.1. The lowest BCUT2D eigenvalue weighted by atomic mass is 9.98. The maximum absolute atomic E-state index is 13.2. The Kier molecular flexibility index (Phi) is 7.30. The van der Waals surface area contributed by atoms with E-state index in [1.165, 1.54) is 25.1 Å². The zero-order chi connectivity index (χ0) is 24.0. The molecule has 1 atom stereocenters. The summed E-state index contributed by atoms with van der Waals surface area (Å²) in [6, 6.07) is 13.5. The Morgan fingerprint density at radius 1 is 1.09 bits per heavy atom. The van der Waals surface area contributed by atoms with E-state index < -0.39 is 23.7 Å². The first-order valence-corrected chi connectivity index (χ1v) is 10.1. The van der Waals surface area contributed by atoms with E-state index in [1.807, 2.05) is 6.07 Å². The standard InChI is InChI=1S/C25H24N4O4/c1-16(2)22(24(31)29(3)20-10-6-8-18(14-20)25(32)33-4)23(30)28-19-9-5-7-17(13-19)21-15-26-11-12-27-21/h5-15,22H,1H2,2-4H3,(H,28,30). The zero-order valence-electron chi connectivity index (χ0n) is 18.6. The fourth-order valence-electron chi connectivity index (χ4n) is 3.25. The van der Waals surface area contributed by atoms with Gasteiger partial charge in [0.05, 0.1) is 24.6 Å². The number of hydrogen-bond acceptors (Lipinski definition) is 6. The summed E-state index contributed by atoms with van der Waals surface area (Å²) in [7, 11) is 2.82. The average molecular weight is 444 g/mol. The predicted octanol–water partition coefficient (Wildman–Crippen LogP) is 3.72. The van der Waals surface area contributed by atoms with Crippen molar-refractivity contribution in [1.29, 1.82) is 0 Å². The highest BCUT2D eigenvalue weighted by molar-refractivity contribution is 6.13. The minimum absolute atomic E-state index is 0.298. The van der Waals surface area contributed by atoms with Crippen molar-refractivity contribution in [3.05, 3.63) is 84.8 Å². The molecule has 0 radical (unpaired) electrons. The van der Waals surface area contributed by atoms with Crippen LogP contribution in [0.1, 0.15) is 17.3 Å². The molecule has 0 saturated heterocycles. The number of nitrogens with one attached hydrogen (secondary N) is 1. The number of carbonyl (C=O) groups excluding carboxylic acids is 3. The van der Waals surface area contributed by atoms with Crippen molar-refractivity contribution in [1.82, 2.24) is 9.97 Å². The molecule has 0 aliphatic rings. The van der Waals surface area contributed by atoms with Crippen molar-refractivity contribution < 1.29 is 19.1 Å². The maximum Gasteiger partial charge on any atom is 0.337 e. The van der Waals surface area contributed by atoms with Gasteiger partial charge in [0.1, 0.15) is 5.92 Å². The zero-order valence-corrected chi connectivity index (χ0v) is 18.6. The molecule has 0 bridgehead atoms. The summed E-state index contributed by atoms with van der Waals surface area (Å²) in [5.41, 5.74) is 3.08. The fourth-order valence-corrected chi connectivity index (χ4v) is 3.25. The van der Waals surface area contributed by atoms with Crippen LogP contribution in [0.25, 0.3) is 11.3 Å². The molecule has 0 aliphatic heterocycles. The molecule has 1 unspecified atom stereocenters. The lowest BCUT2D eigenvalue weighted by molar-refractivity contribution is -0.129. The molecular weight excluding hydrogens is 420 g/mol. The van der Waals surface area contributed by atoms with Crippen LogP contribution in [0.15, 0.2) is 79.3 Å². The molecule has 1 heterocycles. The summed E-state index contributed by atoms with van der Waals surface area (Å²) >= 11 is 0. The molecular formula is C25H24N4O4. The van der Waals surface area contributed by atoms with Gasteiger partial charge in [0, 0.05) is 36.4 Å². The van der Waals surface area contributed by atoms with E-state index in [2.05, 4.69) is 21.9 Å². The number of ether oxygens (including phenoxy) is 1. The van der Waals surface area contributed by atoms with E-state index in [9.17, 15) is 14.4 Å². The van der Waals surface area contributed by atoms with E-state index in [-0.39, 0.29) is 0 Å². The lowest BCUT2D eigenvalue weighted by Crippen LogP contribution is -2.40. The van der Waals surface area contributed by atoms with Gasteiger partial charge in [0.15, 0.2) is 0 Å². The molecule has 3 aromatic rings. The molecule has 168 valence electrons. The van der Waals surface area contributed by atoms with Crippen molar-refractivity contribution in [2.75, 3.05) is 24.4 Å². The van der Waals surface area contributed by atoms with Crippen LogP contribution in [0.5, 0.6) is 0 Å². The van der Waals surface area contributed by atoms with Crippen LogP contribution in [0.2, 0.25) is 0 Å². The minimum Gasteiger partial charge on any atom is -0.465 e. The number of rotatable bonds is 7. The lowest BCUT2D eigenvalue weighted by Gasteiger charge is -2.24. The summed E-state index contributed by atoms with van der Waals surface area (Å²) in [6.07, 6.45) is 4.79.